The molecule has 142 valence electrons. The number of carbonyl (C=O) groups excluding carboxylic acids is 2. The Kier molecular flexibility index (Phi) is 5.96. The topological polar surface area (TPSA) is 53.1 Å². The quantitative estimate of drug-likeness (QED) is 0.831. The van der Waals surface area contributed by atoms with Crippen LogP contribution in [0.4, 0.5) is 16.2 Å². The average molecular weight is 367 g/mol. The van der Waals surface area contributed by atoms with Crippen molar-refractivity contribution in [2.75, 3.05) is 44.7 Å². The molecule has 6 heteroatoms. The van der Waals surface area contributed by atoms with E-state index < -0.39 is 0 Å². The van der Waals surface area contributed by atoms with E-state index in [1.807, 2.05) is 66.5 Å². The monoisotopic (exact) mass is 367 g/mol. The van der Waals surface area contributed by atoms with Crippen LogP contribution < -0.4 is 4.90 Å². The molecule has 6 nitrogen and oxygen atoms in total. The first-order valence-corrected chi connectivity index (χ1v) is 9.20. The summed E-state index contributed by atoms with van der Waals surface area (Å²) in [5.74, 6) is -0.0168. The highest BCUT2D eigenvalue weighted by Gasteiger charge is 2.27. The van der Waals surface area contributed by atoms with Gasteiger partial charge in [0.25, 0.3) is 5.91 Å². The molecule has 1 heterocycles. The van der Waals surface area contributed by atoms with Crippen LogP contribution in [0.3, 0.4) is 0 Å². The fourth-order valence-electron chi connectivity index (χ4n) is 3.21. The fourth-order valence-corrected chi connectivity index (χ4v) is 3.21. The van der Waals surface area contributed by atoms with Crippen LogP contribution in [0.2, 0.25) is 0 Å². The van der Waals surface area contributed by atoms with Crippen molar-refractivity contribution in [2.24, 2.45) is 0 Å². The van der Waals surface area contributed by atoms with E-state index in [0.29, 0.717) is 38.3 Å². The average Bonchev–Trinajstić information content (AvgIpc) is 2.73. The Labute approximate surface area is 159 Å². The zero-order chi connectivity index (χ0) is 19.2. The SMILES string of the molecule is CCOC(=O)N1CCN(C(=O)c2ccccc2N(C)c2ccccc2)CC1. The highest BCUT2D eigenvalue weighted by atomic mass is 16.6. The number of anilines is 2. The smallest absolute Gasteiger partial charge is 0.409 e. The predicted molar refractivity (Wildman–Crippen MR) is 105 cm³/mol. The van der Waals surface area contributed by atoms with Gasteiger partial charge in [-0.1, -0.05) is 30.3 Å². The maximum atomic E-state index is 13.1. The standard InChI is InChI=1S/C21H25N3O3/c1-3-27-21(26)24-15-13-23(14-16-24)20(25)18-11-7-8-12-19(18)22(2)17-9-5-4-6-10-17/h4-12H,3,13-16H2,1-2H3. The van der Waals surface area contributed by atoms with Crippen molar-refractivity contribution < 1.29 is 14.3 Å². The molecule has 1 fully saturated rings. The molecule has 0 spiro atoms. The van der Waals surface area contributed by atoms with Crippen molar-refractivity contribution in [1.29, 1.82) is 0 Å². The van der Waals surface area contributed by atoms with Crippen LogP contribution in [0.1, 0.15) is 17.3 Å². The van der Waals surface area contributed by atoms with E-state index in [9.17, 15) is 9.59 Å². The molecule has 0 bridgehead atoms. The summed E-state index contributed by atoms with van der Waals surface area (Å²) in [5, 5.41) is 0. The van der Waals surface area contributed by atoms with E-state index in [4.69, 9.17) is 4.74 Å². The first kappa shape index (κ1) is 18.8. The summed E-state index contributed by atoms with van der Waals surface area (Å²) < 4.78 is 5.04. The van der Waals surface area contributed by atoms with Crippen molar-refractivity contribution in [2.45, 2.75) is 6.92 Å². The van der Waals surface area contributed by atoms with Crippen LogP contribution in [0.25, 0.3) is 0 Å². The molecule has 0 atom stereocenters. The van der Waals surface area contributed by atoms with Crippen molar-refractivity contribution in [3.05, 3.63) is 60.2 Å². The van der Waals surface area contributed by atoms with E-state index in [2.05, 4.69) is 0 Å². The summed E-state index contributed by atoms with van der Waals surface area (Å²) in [5.41, 5.74) is 2.54. The molecule has 0 radical (unpaired) electrons. The lowest BCUT2D eigenvalue weighted by Crippen LogP contribution is -2.50. The Morgan fingerprint density at radius 2 is 1.52 bits per heavy atom. The van der Waals surface area contributed by atoms with Crippen LogP contribution in [0.15, 0.2) is 54.6 Å². The second-order valence-corrected chi connectivity index (χ2v) is 6.39. The lowest BCUT2D eigenvalue weighted by atomic mass is 10.1. The Morgan fingerprint density at radius 3 is 2.19 bits per heavy atom. The number of benzene rings is 2. The molecular formula is C21H25N3O3. The molecule has 27 heavy (non-hydrogen) atoms. The Balaban J connectivity index is 1.74. The molecule has 1 aliphatic rings. The van der Waals surface area contributed by atoms with Gasteiger partial charge in [0.2, 0.25) is 0 Å². The van der Waals surface area contributed by atoms with Gasteiger partial charge in [0.05, 0.1) is 17.9 Å². The fraction of sp³-hybridized carbons (Fsp3) is 0.333. The highest BCUT2D eigenvalue weighted by Crippen LogP contribution is 2.28. The second kappa shape index (κ2) is 8.58. The van der Waals surface area contributed by atoms with Crippen LogP contribution in [0, 0.1) is 0 Å². The van der Waals surface area contributed by atoms with Crippen molar-refractivity contribution in [3.8, 4) is 0 Å². The minimum absolute atomic E-state index is 0.0168. The number of amides is 2. The third kappa shape index (κ3) is 4.22. The molecule has 3 rings (SSSR count). The van der Waals surface area contributed by atoms with E-state index in [1.165, 1.54) is 0 Å². The van der Waals surface area contributed by atoms with Gasteiger partial charge < -0.3 is 19.4 Å². The van der Waals surface area contributed by atoms with Crippen LogP contribution in [0.5, 0.6) is 0 Å². The van der Waals surface area contributed by atoms with Gasteiger partial charge in [0, 0.05) is 38.9 Å². The van der Waals surface area contributed by atoms with Gasteiger partial charge in [-0.3, -0.25) is 4.79 Å². The third-order valence-electron chi connectivity index (χ3n) is 4.73. The first-order valence-electron chi connectivity index (χ1n) is 9.20. The highest BCUT2D eigenvalue weighted by molar-refractivity contribution is 6.00. The van der Waals surface area contributed by atoms with E-state index >= 15 is 0 Å². The number of piperazine rings is 1. The van der Waals surface area contributed by atoms with Gasteiger partial charge >= 0.3 is 6.09 Å². The normalized spacial score (nSPS) is 14.0. The zero-order valence-electron chi connectivity index (χ0n) is 15.8. The maximum Gasteiger partial charge on any atom is 0.409 e. The Morgan fingerprint density at radius 1 is 0.926 bits per heavy atom. The summed E-state index contributed by atoms with van der Waals surface area (Å²) in [6.07, 6.45) is -0.311. The van der Waals surface area contributed by atoms with Crippen molar-refractivity contribution in [3.63, 3.8) is 0 Å². The summed E-state index contributed by atoms with van der Waals surface area (Å²) in [7, 11) is 1.96. The van der Waals surface area contributed by atoms with Crippen LogP contribution in [-0.4, -0.2) is 61.6 Å². The van der Waals surface area contributed by atoms with E-state index in [1.54, 1.807) is 16.7 Å². The molecule has 0 aliphatic carbocycles. The van der Waals surface area contributed by atoms with Gasteiger partial charge in [0.15, 0.2) is 0 Å². The molecule has 0 unspecified atom stereocenters. The van der Waals surface area contributed by atoms with Gasteiger partial charge in [0.1, 0.15) is 0 Å². The first-order chi connectivity index (χ1) is 13.1. The largest absolute Gasteiger partial charge is 0.450 e. The molecule has 2 amide bonds. The number of para-hydroxylation sites is 2. The van der Waals surface area contributed by atoms with Gasteiger partial charge in [-0.25, -0.2) is 4.79 Å². The van der Waals surface area contributed by atoms with Crippen molar-refractivity contribution >= 4 is 23.4 Å². The van der Waals surface area contributed by atoms with Gasteiger partial charge in [-0.05, 0) is 31.2 Å². The molecule has 1 saturated heterocycles. The molecule has 0 aromatic heterocycles. The number of carbonyl (C=O) groups is 2. The van der Waals surface area contributed by atoms with Gasteiger partial charge in [-0.2, -0.15) is 0 Å². The predicted octanol–water partition coefficient (Wildman–Crippen LogP) is 3.37. The molecule has 0 N–H and O–H groups in total. The lowest BCUT2D eigenvalue weighted by molar-refractivity contribution is 0.0571. The minimum atomic E-state index is -0.311. The maximum absolute atomic E-state index is 13.1. The Hall–Kier alpha value is -3.02. The summed E-state index contributed by atoms with van der Waals surface area (Å²) in [6.45, 7) is 4.12. The van der Waals surface area contributed by atoms with Gasteiger partial charge in [-0.15, -0.1) is 0 Å². The molecule has 0 saturated carbocycles. The van der Waals surface area contributed by atoms with Crippen molar-refractivity contribution in [1.82, 2.24) is 9.80 Å². The van der Waals surface area contributed by atoms with E-state index in [0.717, 1.165) is 11.4 Å². The molecule has 2 aromatic rings. The molecule has 1 aliphatic heterocycles. The van der Waals surface area contributed by atoms with Crippen LogP contribution in [-0.2, 0) is 4.74 Å². The number of rotatable bonds is 4. The minimum Gasteiger partial charge on any atom is -0.450 e. The summed E-state index contributed by atoms with van der Waals surface area (Å²) in [6, 6.07) is 17.6. The summed E-state index contributed by atoms with van der Waals surface area (Å²) >= 11 is 0. The summed E-state index contributed by atoms with van der Waals surface area (Å²) in [4.78, 5) is 30.4. The molecule has 2 aromatic carbocycles. The van der Waals surface area contributed by atoms with E-state index in [-0.39, 0.29) is 12.0 Å². The lowest BCUT2D eigenvalue weighted by Gasteiger charge is -2.34. The molecular weight excluding hydrogens is 342 g/mol. The zero-order valence-corrected chi connectivity index (χ0v) is 15.8. The number of nitrogens with zero attached hydrogens (tertiary/aromatic N) is 3. The Bertz CT molecular complexity index is 786. The third-order valence-corrected chi connectivity index (χ3v) is 4.73. The number of hydrogen-bond acceptors (Lipinski definition) is 4. The number of ether oxygens (including phenoxy) is 1. The second-order valence-electron chi connectivity index (χ2n) is 6.39. The number of hydrogen-bond donors (Lipinski definition) is 0. The van der Waals surface area contributed by atoms with Crippen LogP contribution >= 0.6 is 0 Å².